The number of hydrogen-bond acceptors (Lipinski definition) is 8. The normalized spacial score (nSPS) is 22.1. The molecule has 2 heterocycles. The third kappa shape index (κ3) is 4.03. The van der Waals surface area contributed by atoms with Gasteiger partial charge in [0.05, 0.1) is 32.3 Å². The molecule has 0 unspecified atom stereocenters. The molecule has 0 amide bonds. The van der Waals surface area contributed by atoms with Gasteiger partial charge in [-0.15, -0.1) is 11.3 Å². The summed E-state index contributed by atoms with van der Waals surface area (Å²) in [4.78, 5) is 40.9. The van der Waals surface area contributed by atoms with Crippen LogP contribution in [0.15, 0.2) is 64.3 Å². The number of para-hydroxylation sites is 1. The van der Waals surface area contributed by atoms with Gasteiger partial charge in [-0.3, -0.25) is 9.59 Å². The zero-order valence-corrected chi connectivity index (χ0v) is 20.4. The Hall–Kier alpha value is -3.39. The highest BCUT2D eigenvalue weighted by atomic mass is 32.1. The molecule has 4 rings (SSSR count). The monoisotopic (exact) mass is 481 g/mol. The molecule has 0 fully saturated rings. The number of allylic oxidation sites excluding steroid dienone is 3. The lowest BCUT2D eigenvalue weighted by molar-refractivity contribution is -0.149. The topological polar surface area (TPSA) is 90.9 Å². The van der Waals surface area contributed by atoms with Crippen molar-refractivity contribution in [2.45, 2.75) is 32.1 Å². The molecule has 178 valence electrons. The Morgan fingerprint density at radius 3 is 2.53 bits per heavy atom. The fraction of sp³-hybridized carbons (Fsp3) is 0.346. The van der Waals surface area contributed by atoms with Gasteiger partial charge in [-0.2, -0.15) is 0 Å². The van der Waals surface area contributed by atoms with E-state index < -0.39 is 23.8 Å². The molecule has 1 N–H and O–H groups in total. The molecule has 2 aliphatic rings. The van der Waals surface area contributed by atoms with Crippen LogP contribution in [0.5, 0.6) is 5.75 Å². The smallest absolute Gasteiger partial charge is 0.336 e. The van der Waals surface area contributed by atoms with Crippen LogP contribution in [0.25, 0.3) is 0 Å². The second kappa shape index (κ2) is 9.85. The van der Waals surface area contributed by atoms with Crippen LogP contribution in [-0.2, 0) is 23.9 Å². The van der Waals surface area contributed by atoms with Crippen LogP contribution in [0, 0.1) is 5.92 Å². The maximum Gasteiger partial charge on any atom is 0.336 e. The minimum Gasteiger partial charge on any atom is -0.494 e. The molecule has 34 heavy (non-hydrogen) atoms. The van der Waals surface area contributed by atoms with Gasteiger partial charge in [0.25, 0.3) is 0 Å². The minimum atomic E-state index is -1.01. The third-order valence-corrected chi connectivity index (χ3v) is 7.32. The van der Waals surface area contributed by atoms with E-state index in [-0.39, 0.29) is 11.7 Å². The van der Waals surface area contributed by atoms with Gasteiger partial charge >= 0.3 is 11.9 Å². The number of esters is 2. The molecule has 8 heteroatoms. The minimum absolute atomic E-state index is 0.319. The molecule has 1 aromatic heterocycles. The Morgan fingerprint density at radius 2 is 1.88 bits per heavy atom. The summed E-state index contributed by atoms with van der Waals surface area (Å²) in [6.45, 7) is 4.09. The van der Waals surface area contributed by atoms with Crippen molar-refractivity contribution in [3.63, 3.8) is 0 Å². The number of benzene rings is 1. The molecule has 2 aromatic rings. The van der Waals surface area contributed by atoms with Crippen LogP contribution in [0.2, 0.25) is 0 Å². The maximum absolute atomic E-state index is 14.1. The van der Waals surface area contributed by atoms with Gasteiger partial charge in [-0.05, 0) is 37.8 Å². The van der Waals surface area contributed by atoms with Crippen LogP contribution in [0.3, 0.4) is 0 Å². The van der Waals surface area contributed by atoms with E-state index in [0.717, 1.165) is 4.88 Å². The number of carbonyl (C=O) groups excluding carboxylic acids is 3. The molecule has 0 bridgehead atoms. The average molecular weight is 482 g/mol. The zero-order chi connectivity index (χ0) is 24.4. The number of ketones is 1. The summed E-state index contributed by atoms with van der Waals surface area (Å²) in [7, 11) is 2.60. The van der Waals surface area contributed by atoms with Crippen LogP contribution < -0.4 is 10.1 Å². The van der Waals surface area contributed by atoms with Crippen molar-refractivity contribution in [2.24, 2.45) is 5.92 Å². The van der Waals surface area contributed by atoms with E-state index in [2.05, 4.69) is 5.32 Å². The van der Waals surface area contributed by atoms with Crippen molar-refractivity contribution >= 4 is 29.1 Å². The van der Waals surface area contributed by atoms with E-state index in [1.807, 2.05) is 48.7 Å². The standard InChI is InChI=1S/C26H27NO6S/c1-5-33-18-10-7-6-9-15(18)21-20(25(29)31-3)14(2)27-17-13-16(19-11-8-12-34-19)22(26(30)32-4)24(28)23(17)21/h6-12,16,21-22,27H,5,13H2,1-4H3/t16-,21+,22+/m0/s1. The highest BCUT2D eigenvalue weighted by molar-refractivity contribution is 7.10. The number of carbonyl (C=O) groups is 3. The van der Waals surface area contributed by atoms with Crippen molar-refractivity contribution in [1.82, 2.24) is 5.32 Å². The summed E-state index contributed by atoms with van der Waals surface area (Å²) in [5, 5.41) is 5.21. The van der Waals surface area contributed by atoms with Gasteiger partial charge in [-0.25, -0.2) is 4.79 Å². The number of nitrogens with one attached hydrogen (secondary N) is 1. The molecule has 0 saturated heterocycles. The van der Waals surface area contributed by atoms with E-state index in [0.29, 0.717) is 46.9 Å². The predicted octanol–water partition coefficient (Wildman–Crippen LogP) is 4.08. The fourth-order valence-corrected chi connectivity index (χ4v) is 5.76. The lowest BCUT2D eigenvalue weighted by Crippen LogP contribution is -2.43. The van der Waals surface area contributed by atoms with E-state index >= 15 is 0 Å². The molecule has 0 spiro atoms. The first-order valence-corrected chi connectivity index (χ1v) is 12.0. The number of ether oxygens (including phenoxy) is 3. The lowest BCUT2D eigenvalue weighted by Gasteiger charge is -2.39. The molecule has 0 radical (unpaired) electrons. The van der Waals surface area contributed by atoms with Crippen LogP contribution >= 0.6 is 11.3 Å². The fourth-order valence-electron chi connectivity index (χ4n) is 4.90. The summed E-state index contributed by atoms with van der Waals surface area (Å²) >= 11 is 1.50. The molecular formula is C26H27NO6S. The van der Waals surface area contributed by atoms with Gasteiger partial charge in [0.1, 0.15) is 11.7 Å². The Balaban J connectivity index is 1.94. The number of hydrogen-bond donors (Lipinski definition) is 1. The lowest BCUT2D eigenvalue weighted by atomic mass is 9.68. The molecule has 3 atom stereocenters. The van der Waals surface area contributed by atoms with Gasteiger partial charge in [0.15, 0.2) is 5.78 Å². The molecular weight excluding hydrogens is 454 g/mol. The van der Waals surface area contributed by atoms with Crippen molar-refractivity contribution in [2.75, 3.05) is 20.8 Å². The highest BCUT2D eigenvalue weighted by Gasteiger charge is 2.49. The van der Waals surface area contributed by atoms with Crippen LogP contribution in [0.4, 0.5) is 0 Å². The van der Waals surface area contributed by atoms with Crippen molar-refractivity contribution in [3.8, 4) is 5.75 Å². The molecule has 1 aliphatic heterocycles. The van der Waals surface area contributed by atoms with Crippen molar-refractivity contribution in [1.29, 1.82) is 0 Å². The largest absolute Gasteiger partial charge is 0.494 e. The van der Waals surface area contributed by atoms with Gasteiger partial charge in [0.2, 0.25) is 0 Å². The van der Waals surface area contributed by atoms with E-state index in [1.165, 1.54) is 25.6 Å². The van der Waals surface area contributed by atoms with Crippen molar-refractivity contribution < 1.29 is 28.6 Å². The molecule has 0 saturated carbocycles. The number of Topliss-reactive ketones (excluding diaryl/α,β-unsaturated/α-hetero) is 1. The Kier molecular flexibility index (Phi) is 6.88. The average Bonchev–Trinajstić information content (AvgIpc) is 3.38. The summed E-state index contributed by atoms with van der Waals surface area (Å²) in [6.07, 6.45) is 0.431. The summed E-state index contributed by atoms with van der Waals surface area (Å²) in [6, 6.07) is 11.2. The van der Waals surface area contributed by atoms with E-state index in [4.69, 9.17) is 14.2 Å². The molecule has 1 aliphatic carbocycles. The van der Waals surface area contributed by atoms with Gasteiger partial charge in [-0.1, -0.05) is 24.3 Å². The maximum atomic E-state index is 14.1. The second-order valence-corrected chi connectivity index (χ2v) is 9.12. The summed E-state index contributed by atoms with van der Waals surface area (Å²) in [5.41, 5.74) is 2.67. The first-order chi connectivity index (χ1) is 16.4. The SMILES string of the molecule is CCOc1ccccc1[C@@H]1C(C(=O)OC)=C(C)NC2=C1C(=O)[C@H](C(=O)OC)[C@H](c1cccs1)C2. The summed E-state index contributed by atoms with van der Waals surface area (Å²) < 4.78 is 16.0. The van der Waals surface area contributed by atoms with E-state index in [9.17, 15) is 14.4 Å². The number of thiophene rings is 1. The Bertz CT molecular complexity index is 1180. The van der Waals surface area contributed by atoms with Gasteiger partial charge < -0.3 is 19.5 Å². The Labute approximate surface area is 202 Å². The Morgan fingerprint density at radius 1 is 1.12 bits per heavy atom. The number of rotatable bonds is 6. The van der Waals surface area contributed by atoms with Crippen molar-refractivity contribution in [3.05, 3.63) is 74.8 Å². The first kappa shape index (κ1) is 23.8. The quantitative estimate of drug-likeness (QED) is 0.491. The molecule has 7 nitrogen and oxygen atoms in total. The third-order valence-electron chi connectivity index (χ3n) is 6.32. The number of methoxy groups -OCH3 is 2. The number of dihydropyridines is 1. The van der Waals surface area contributed by atoms with Crippen LogP contribution in [0.1, 0.15) is 42.5 Å². The summed E-state index contributed by atoms with van der Waals surface area (Å²) in [5.74, 6) is -3.03. The second-order valence-electron chi connectivity index (χ2n) is 8.14. The van der Waals surface area contributed by atoms with Gasteiger partial charge in [0, 0.05) is 33.3 Å². The first-order valence-electron chi connectivity index (χ1n) is 11.1. The zero-order valence-electron chi connectivity index (χ0n) is 19.5. The highest BCUT2D eigenvalue weighted by Crippen LogP contribution is 2.50. The molecule has 1 aromatic carbocycles. The predicted molar refractivity (Wildman–Crippen MR) is 127 cm³/mol. The van der Waals surface area contributed by atoms with E-state index in [1.54, 1.807) is 6.92 Å². The van der Waals surface area contributed by atoms with Crippen LogP contribution in [-0.4, -0.2) is 38.5 Å².